The molecule has 3 aliphatic rings. The molecule has 5 heterocycles. The van der Waals surface area contributed by atoms with E-state index in [2.05, 4.69) is 42.2 Å². The third-order valence-electron chi connectivity index (χ3n) is 6.90. The molecule has 9 nitrogen and oxygen atoms in total. The van der Waals surface area contributed by atoms with Crippen molar-refractivity contribution in [2.45, 2.75) is 37.7 Å². The normalized spacial score (nSPS) is 20.9. The lowest BCUT2D eigenvalue weighted by Crippen LogP contribution is -2.46. The van der Waals surface area contributed by atoms with Crippen molar-refractivity contribution >= 4 is 22.4 Å². The summed E-state index contributed by atoms with van der Waals surface area (Å²) < 4.78 is 11.5. The molecule has 10 heteroatoms. The first-order valence-electron chi connectivity index (χ1n) is 11.5. The molecule has 0 aromatic carbocycles. The van der Waals surface area contributed by atoms with E-state index in [1.165, 1.54) is 16.9 Å². The summed E-state index contributed by atoms with van der Waals surface area (Å²) >= 11 is 1.50. The van der Waals surface area contributed by atoms with Crippen LogP contribution in [0.1, 0.15) is 37.2 Å². The summed E-state index contributed by atoms with van der Waals surface area (Å²) in [7, 11) is 2.12. The molecule has 0 unspecified atom stereocenters. The van der Waals surface area contributed by atoms with E-state index in [9.17, 15) is 0 Å². The molecule has 6 rings (SSSR count). The van der Waals surface area contributed by atoms with Crippen molar-refractivity contribution in [1.82, 2.24) is 29.8 Å². The van der Waals surface area contributed by atoms with Gasteiger partial charge in [-0.25, -0.2) is 19.9 Å². The number of ether oxygens (including phenoxy) is 2. The van der Waals surface area contributed by atoms with Gasteiger partial charge in [-0.2, -0.15) is 4.98 Å². The second kappa shape index (κ2) is 8.58. The molecule has 2 aliphatic heterocycles. The third-order valence-corrected chi connectivity index (χ3v) is 7.83. The van der Waals surface area contributed by atoms with E-state index in [0.717, 1.165) is 67.7 Å². The van der Waals surface area contributed by atoms with Gasteiger partial charge in [-0.3, -0.25) is 0 Å². The average Bonchev–Trinajstić information content (AvgIpc) is 3.26. The van der Waals surface area contributed by atoms with E-state index in [4.69, 9.17) is 9.47 Å². The Kier molecular flexibility index (Phi) is 5.43. The van der Waals surface area contributed by atoms with Crippen LogP contribution in [0.2, 0.25) is 0 Å². The lowest BCUT2D eigenvalue weighted by Gasteiger charge is -2.45. The van der Waals surface area contributed by atoms with Crippen LogP contribution in [0.4, 0.5) is 11.1 Å². The van der Waals surface area contributed by atoms with Crippen LogP contribution < -0.4 is 10.1 Å². The predicted molar refractivity (Wildman–Crippen MR) is 125 cm³/mol. The summed E-state index contributed by atoms with van der Waals surface area (Å²) in [5, 5.41) is 3.92. The van der Waals surface area contributed by atoms with Gasteiger partial charge in [-0.05, 0) is 44.4 Å². The summed E-state index contributed by atoms with van der Waals surface area (Å²) in [5.74, 6) is 1.08. The third kappa shape index (κ3) is 4.42. The van der Waals surface area contributed by atoms with Crippen LogP contribution >= 0.6 is 11.3 Å². The van der Waals surface area contributed by atoms with Crippen molar-refractivity contribution in [2.24, 2.45) is 5.41 Å². The first-order valence-corrected chi connectivity index (χ1v) is 12.3. The number of likely N-dealkylation sites (tertiary alicyclic amines) is 1. The standard InChI is InChI=1S/C23H27N7O2S/c1-30-11-16(12-30)15-8-25-20(26-9-15)29-22-27-10-19(33-22)18-4-7-24-21(28-18)32-17-2-5-23(6-3-17)13-31-14-23/h4,7-10,16-17H,2-3,5-6,11-14H2,1H3,(H,25,26,27,29). The minimum Gasteiger partial charge on any atom is -0.460 e. The van der Waals surface area contributed by atoms with E-state index in [-0.39, 0.29) is 6.10 Å². The Labute approximate surface area is 196 Å². The van der Waals surface area contributed by atoms with Crippen LogP contribution in [-0.4, -0.2) is 69.3 Å². The van der Waals surface area contributed by atoms with Gasteiger partial charge in [-0.1, -0.05) is 11.3 Å². The fourth-order valence-corrected chi connectivity index (χ4v) is 5.53. The zero-order valence-electron chi connectivity index (χ0n) is 18.6. The molecular weight excluding hydrogens is 438 g/mol. The van der Waals surface area contributed by atoms with Gasteiger partial charge in [0.2, 0.25) is 5.95 Å². The first kappa shape index (κ1) is 20.9. The highest BCUT2D eigenvalue weighted by Gasteiger charge is 2.42. The van der Waals surface area contributed by atoms with E-state index >= 15 is 0 Å². The molecule has 0 radical (unpaired) electrons. The van der Waals surface area contributed by atoms with E-state index < -0.39 is 0 Å². The van der Waals surface area contributed by atoms with E-state index in [1.807, 2.05) is 18.5 Å². The maximum Gasteiger partial charge on any atom is 0.317 e. The van der Waals surface area contributed by atoms with Gasteiger partial charge in [0.1, 0.15) is 6.10 Å². The number of hydrogen-bond acceptors (Lipinski definition) is 10. The Bertz CT molecular complexity index is 1100. The molecule has 3 aromatic heterocycles. The minimum atomic E-state index is 0.172. The molecule has 0 amide bonds. The Morgan fingerprint density at radius 2 is 1.88 bits per heavy atom. The lowest BCUT2D eigenvalue weighted by molar-refractivity contribution is -0.140. The number of anilines is 2. The molecule has 1 spiro atoms. The number of nitrogens with one attached hydrogen (secondary N) is 1. The number of thiazole rings is 1. The van der Waals surface area contributed by atoms with Crippen molar-refractivity contribution in [1.29, 1.82) is 0 Å². The monoisotopic (exact) mass is 465 g/mol. The van der Waals surface area contributed by atoms with Gasteiger partial charge >= 0.3 is 6.01 Å². The van der Waals surface area contributed by atoms with Gasteiger partial charge in [0.15, 0.2) is 5.13 Å². The summed E-state index contributed by atoms with van der Waals surface area (Å²) in [4.78, 5) is 25.6. The Morgan fingerprint density at radius 1 is 1.09 bits per heavy atom. The molecule has 0 atom stereocenters. The maximum atomic E-state index is 6.12. The van der Waals surface area contributed by atoms with E-state index in [1.54, 1.807) is 12.4 Å². The van der Waals surface area contributed by atoms with Crippen molar-refractivity contribution in [2.75, 3.05) is 38.7 Å². The van der Waals surface area contributed by atoms with Crippen LogP contribution in [0.15, 0.2) is 30.9 Å². The summed E-state index contributed by atoms with van der Waals surface area (Å²) in [6.45, 7) is 3.93. The van der Waals surface area contributed by atoms with Crippen LogP contribution in [0.25, 0.3) is 10.6 Å². The SMILES string of the molecule is CN1CC(c2cnc(Nc3ncc(-c4ccnc(OC5CCC6(CC5)COC6)n4)s3)nc2)C1. The zero-order valence-corrected chi connectivity index (χ0v) is 19.4. The van der Waals surface area contributed by atoms with E-state index in [0.29, 0.717) is 23.3 Å². The highest BCUT2D eigenvalue weighted by molar-refractivity contribution is 7.18. The van der Waals surface area contributed by atoms with Crippen molar-refractivity contribution in [3.05, 3.63) is 36.4 Å². The molecule has 1 aliphatic carbocycles. The number of rotatable bonds is 6. The summed E-state index contributed by atoms with van der Waals surface area (Å²) in [6.07, 6.45) is 11.9. The molecule has 2 saturated heterocycles. The Hall–Kier alpha value is -2.69. The number of aromatic nitrogens is 5. The molecule has 172 valence electrons. The maximum absolute atomic E-state index is 6.12. The molecular formula is C23H27N7O2S. The highest BCUT2D eigenvalue weighted by atomic mass is 32.1. The smallest absolute Gasteiger partial charge is 0.317 e. The molecule has 33 heavy (non-hydrogen) atoms. The molecule has 3 aromatic rings. The highest BCUT2D eigenvalue weighted by Crippen LogP contribution is 2.43. The summed E-state index contributed by atoms with van der Waals surface area (Å²) in [5.41, 5.74) is 2.39. The quantitative estimate of drug-likeness (QED) is 0.586. The molecule has 0 bridgehead atoms. The number of likely N-dealkylation sites (N-methyl/N-ethyl adjacent to an activating group) is 1. The molecule has 1 N–H and O–H groups in total. The van der Waals surface area contributed by atoms with Crippen molar-refractivity contribution in [3.8, 4) is 16.6 Å². The topological polar surface area (TPSA) is 98.2 Å². The predicted octanol–water partition coefficient (Wildman–Crippen LogP) is 3.50. The van der Waals surface area contributed by atoms with Gasteiger partial charge < -0.3 is 19.7 Å². The van der Waals surface area contributed by atoms with Crippen LogP contribution in [0.5, 0.6) is 6.01 Å². The Morgan fingerprint density at radius 3 is 2.58 bits per heavy atom. The number of nitrogens with zero attached hydrogens (tertiary/aromatic N) is 6. The fourth-order valence-electron chi connectivity index (χ4n) is 4.75. The van der Waals surface area contributed by atoms with Gasteiger partial charge in [0, 0.05) is 49.2 Å². The first-order chi connectivity index (χ1) is 16.1. The van der Waals surface area contributed by atoms with Crippen LogP contribution in [0.3, 0.4) is 0 Å². The van der Waals surface area contributed by atoms with Crippen LogP contribution in [0, 0.1) is 5.41 Å². The second-order valence-electron chi connectivity index (χ2n) is 9.45. The van der Waals surface area contributed by atoms with Gasteiger partial charge in [0.25, 0.3) is 0 Å². The Balaban J connectivity index is 1.08. The van der Waals surface area contributed by atoms with Gasteiger partial charge in [-0.15, -0.1) is 0 Å². The minimum absolute atomic E-state index is 0.172. The van der Waals surface area contributed by atoms with Crippen molar-refractivity contribution < 1.29 is 9.47 Å². The lowest BCUT2D eigenvalue weighted by atomic mass is 9.72. The second-order valence-corrected chi connectivity index (χ2v) is 10.5. The van der Waals surface area contributed by atoms with Gasteiger partial charge in [0.05, 0.1) is 23.8 Å². The average molecular weight is 466 g/mol. The zero-order chi connectivity index (χ0) is 22.3. The van der Waals surface area contributed by atoms with Crippen LogP contribution in [-0.2, 0) is 4.74 Å². The molecule has 1 saturated carbocycles. The largest absolute Gasteiger partial charge is 0.460 e. The fraction of sp³-hybridized carbons (Fsp3) is 0.522. The molecule has 3 fully saturated rings. The van der Waals surface area contributed by atoms with Crippen molar-refractivity contribution in [3.63, 3.8) is 0 Å². The number of hydrogen-bond donors (Lipinski definition) is 1. The summed E-state index contributed by atoms with van der Waals surface area (Å²) in [6, 6.07) is 2.31.